The van der Waals surface area contributed by atoms with Gasteiger partial charge in [0, 0.05) is 16.9 Å². The van der Waals surface area contributed by atoms with Crippen molar-refractivity contribution in [1.82, 2.24) is 4.41 Å². The van der Waals surface area contributed by atoms with E-state index in [1.807, 2.05) is 29.6 Å². The molecule has 8 heteroatoms. The van der Waals surface area contributed by atoms with Crippen molar-refractivity contribution >= 4 is 27.1 Å². The van der Waals surface area contributed by atoms with Gasteiger partial charge in [-0.15, -0.1) is 11.3 Å². The molecule has 0 saturated carbocycles. The maximum absolute atomic E-state index is 12.1. The normalized spacial score (nSPS) is 17.7. The molecule has 0 bridgehead atoms. The fourth-order valence-corrected chi connectivity index (χ4v) is 4.45. The van der Waals surface area contributed by atoms with E-state index < -0.39 is 10.0 Å². The van der Waals surface area contributed by atoms with Gasteiger partial charge in [0.05, 0.1) is 26.2 Å². The molecule has 1 aromatic carbocycles. The predicted molar refractivity (Wildman–Crippen MR) is 94.4 cm³/mol. The van der Waals surface area contributed by atoms with Gasteiger partial charge in [-0.05, 0) is 29.6 Å². The fourth-order valence-electron chi connectivity index (χ4n) is 2.68. The highest BCUT2D eigenvalue weighted by molar-refractivity contribution is 7.88. The summed E-state index contributed by atoms with van der Waals surface area (Å²) in [5.74, 6) is 1.21. The molecule has 1 aromatic heterocycles. The quantitative estimate of drug-likeness (QED) is 0.816. The Labute approximate surface area is 145 Å². The first-order valence-electron chi connectivity index (χ1n) is 7.26. The van der Waals surface area contributed by atoms with Crippen LogP contribution in [0.2, 0.25) is 0 Å². The molecule has 6 nitrogen and oxygen atoms in total. The zero-order valence-corrected chi connectivity index (χ0v) is 15.2. The molecule has 1 atom stereocenters. The summed E-state index contributed by atoms with van der Waals surface area (Å²) >= 11 is 1.53. The summed E-state index contributed by atoms with van der Waals surface area (Å²) in [5, 5.41) is 6.30. The molecular weight excluding hydrogens is 348 g/mol. The first-order chi connectivity index (χ1) is 11.4. The third-order valence-corrected chi connectivity index (χ3v) is 5.79. The van der Waals surface area contributed by atoms with Crippen molar-refractivity contribution in [2.24, 2.45) is 5.10 Å². The van der Waals surface area contributed by atoms with Crippen LogP contribution in [0.15, 0.2) is 40.8 Å². The second-order valence-corrected chi connectivity index (χ2v) is 8.21. The van der Waals surface area contributed by atoms with Gasteiger partial charge in [0.1, 0.15) is 6.04 Å². The van der Waals surface area contributed by atoms with Gasteiger partial charge in [0.25, 0.3) is 0 Å². The van der Waals surface area contributed by atoms with E-state index in [1.165, 1.54) is 22.0 Å². The number of hydrogen-bond donors (Lipinski definition) is 0. The van der Waals surface area contributed by atoms with E-state index >= 15 is 0 Å². The molecule has 2 heterocycles. The van der Waals surface area contributed by atoms with Gasteiger partial charge in [-0.1, -0.05) is 6.07 Å². The van der Waals surface area contributed by atoms with Crippen LogP contribution in [0.3, 0.4) is 0 Å². The van der Waals surface area contributed by atoms with Crippen LogP contribution < -0.4 is 9.47 Å². The molecule has 0 spiro atoms. The Morgan fingerprint density at radius 2 is 1.96 bits per heavy atom. The number of ether oxygens (including phenoxy) is 2. The van der Waals surface area contributed by atoms with Gasteiger partial charge in [0.2, 0.25) is 10.0 Å². The van der Waals surface area contributed by atoms with Crippen molar-refractivity contribution in [2.45, 2.75) is 12.5 Å². The van der Waals surface area contributed by atoms with Crippen LogP contribution in [0.1, 0.15) is 22.9 Å². The van der Waals surface area contributed by atoms with E-state index in [-0.39, 0.29) is 6.04 Å². The average molecular weight is 366 g/mol. The molecule has 0 saturated heterocycles. The zero-order chi connectivity index (χ0) is 17.3. The molecule has 0 unspecified atom stereocenters. The number of methoxy groups -OCH3 is 2. The summed E-state index contributed by atoms with van der Waals surface area (Å²) in [6.07, 6.45) is 1.69. The lowest BCUT2D eigenvalue weighted by atomic mass is 10.0. The predicted octanol–water partition coefficient (Wildman–Crippen LogP) is 2.88. The molecule has 0 amide bonds. The minimum atomic E-state index is -3.45. The molecule has 24 heavy (non-hydrogen) atoms. The summed E-state index contributed by atoms with van der Waals surface area (Å²) < 4.78 is 36.0. The second-order valence-electron chi connectivity index (χ2n) is 5.39. The Morgan fingerprint density at radius 1 is 1.21 bits per heavy atom. The average Bonchev–Trinajstić information content (AvgIpc) is 3.22. The van der Waals surface area contributed by atoms with Gasteiger partial charge >= 0.3 is 0 Å². The molecule has 2 aromatic rings. The third-order valence-electron chi connectivity index (χ3n) is 3.80. The molecule has 1 aliphatic rings. The van der Waals surface area contributed by atoms with Crippen LogP contribution in [0.5, 0.6) is 11.5 Å². The number of rotatable bonds is 5. The van der Waals surface area contributed by atoms with E-state index in [9.17, 15) is 8.42 Å². The van der Waals surface area contributed by atoms with Gasteiger partial charge in [-0.3, -0.25) is 0 Å². The highest BCUT2D eigenvalue weighted by Gasteiger charge is 2.35. The highest BCUT2D eigenvalue weighted by atomic mass is 32.2. The van der Waals surface area contributed by atoms with Crippen LogP contribution in [-0.2, 0) is 10.0 Å². The Balaban J connectivity index is 2.00. The molecule has 1 aliphatic heterocycles. The lowest BCUT2D eigenvalue weighted by molar-refractivity contribution is 0.355. The molecule has 0 aliphatic carbocycles. The first-order valence-corrected chi connectivity index (χ1v) is 9.99. The lowest BCUT2D eigenvalue weighted by Crippen LogP contribution is -2.25. The monoisotopic (exact) mass is 366 g/mol. The molecule has 128 valence electrons. The molecule has 0 N–H and O–H groups in total. The Morgan fingerprint density at radius 3 is 2.54 bits per heavy atom. The molecule has 0 radical (unpaired) electrons. The topological polar surface area (TPSA) is 68.2 Å². The van der Waals surface area contributed by atoms with E-state index in [2.05, 4.69) is 5.10 Å². The number of nitrogens with zero attached hydrogens (tertiary/aromatic N) is 2. The summed E-state index contributed by atoms with van der Waals surface area (Å²) in [6, 6.07) is 9.00. The zero-order valence-electron chi connectivity index (χ0n) is 13.6. The van der Waals surface area contributed by atoms with Crippen LogP contribution >= 0.6 is 11.3 Å². The molecule has 0 fully saturated rings. The standard InChI is InChI=1S/C16H18N2O4S2/c1-21-14-7-6-11(9-15(14)22-2)12-10-13(16-5-4-8-23-16)18(17-12)24(3,19)20/h4-9,13H,10H2,1-3H3/t13-/m1/s1. The maximum atomic E-state index is 12.1. The summed E-state index contributed by atoms with van der Waals surface area (Å²) in [5.41, 5.74) is 1.53. The SMILES string of the molecule is COc1ccc(C2=NN(S(C)(=O)=O)[C@@H](c3cccs3)C2)cc1OC. The number of hydrazone groups is 1. The Hall–Kier alpha value is -2.06. The highest BCUT2D eigenvalue weighted by Crippen LogP contribution is 2.38. The molecule has 3 rings (SSSR count). The lowest BCUT2D eigenvalue weighted by Gasteiger charge is -2.19. The van der Waals surface area contributed by atoms with E-state index in [0.29, 0.717) is 23.6 Å². The fraction of sp³-hybridized carbons (Fsp3) is 0.312. The third kappa shape index (κ3) is 3.11. The van der Waals surface area contributed by atoms with E-state index in [1.54, 1.807) is 20.3 Å². The van der Waals surface area contributed by atoms with Crippen LogP contribution in [0, 0.1) is 0 Å². The summed E-state index contributed by atoms with van der Waals surface area (Å²) in [6.45, 7) is 0. The van der Waals surface area contributed by atoms with Crippen LogP contribution in [0.4, 0.5) is 0 Å². The van der Waals surface area contributed by atoms with Crippen LogP contribution in [0.25, 0.3) is 0 Å². The molecular formula is C16H18N2O4S2. The van der Waals surface area contributed by atoms with Crippen molar-refractivity contribution in [1.29, 1.82) is 0 Å². The smallest absolute Gasteiger partial charge is 0.247 e. The summed E-state index contributed by atoms with van der Waals surface area (Å²) in [4.78, 5) is 0.972. The number of benzene rings is 1. The van der Waals surface area contributed by atoms with Crippen molar-refractivity contribution < 1.29 is 17.9 Å². The minimum Gasteiger partial charge on any atom is -0.493 e. The van der Waals surface area contributed by atoms with Gasteiger partial charge < -0.3 is 9.47 Å². The minimum absolute atomic E-state index is 0.303. The van der Waals surface area contributed by atoms with E-state index in [0.717, 1.165) is 10.4 Å². The second kappa shape index (κ2) is 6.45. The van der Waals surface area contributed by atoms with Crippen molar-refractivity contribution in [3.05, 3.63) is 46.2 Å². The Bertz CT molecular complexity index is 860. The van der Waals surface area contributed by atoms with Crippen molar-refractivity contribution in [3.63, 3.8) is 0 Å². The Kier molecular flexibility index (Phi) is 4.51. The van der Waals surface area contributed by atoms with Crippen LogP contribution in [-0.4, -0.2) is 39.0 Å². The van der Waals surface area contributed by atoms with E-state index in [4.69, 9.17) is 9.47 Å². The first kappa shape index (κ1) is 16.8. The number of thiophene rings is 1. The van der Waals surface area contributed by atoms with Gasteiger partial charge in [0.15, 0.2) is 11.5 Å². The number of sulfonamides is 1. The van der Waals surface area contributed by atoms with Crippen molar-refractivity contribution in [3.8, 4) is 11.5 Å². The largest absolute Gasteiger partial charge is 0.493 e. The van der Waals surface area contributed by atoms with Crippen molar-refractivity contribution in [2.75, 3.05) is 20.5 Å². The summed E-state index contributed by atoms with van der Waals surface area (Å²) in [7, 11) is -0.314. The van der Waals surface area contributed by atoms with Gasteiger partial charge in [-0.25, -0.2) is 8.42 Å². The maximum Gasteiger partial charge on any atom is 0.247 e. The number of hydrogen-bond acceptors (Lipinski definition) is 6. The van der Waals surface area contributed by atoms with Gasteiger partial charge in [-0.2, -0.15) is 9.52 Å².